The van der Waals surface area contributed by atoms with E-state index in [1.807, 2.05) is 62.4 Å². The zero-order valence-electron chi connectivity index (χ0n) is 14.8. The van der Waals surface area contributed by atoms with Crippen molar-refractivity contribution in [1.29, 1.82) is 0 Å². The van der Waals surface area contributed by atoms with Crippen LogP contribution < -0.4 is 4.74 Å². The van der Waals surface area contributed by atoms with Crippen LogP contribution in [0, 0.1) is 0 Å². The van der Waals surface area contributed by atoms with E-state index in [4.69, 9.17) is 9.84 Å². The summed E-state index contributed by atoms with van der Waals surface area (Å²) in [6.45, 7) is 3.94. The molecule has 0 radical (unpaired) electrons. The molecular formula is C20H17N3O3S. The number of nitrogens with zero attached hydrogens (tertiary/aromatic N) is 3. The van der Waals surface area contributed by atoms with Crippen LogP contribution in [0.15, 0.2) is 53.9 Å². The van der Waals surface area contributed by atoms with Gasteiger partial charge >= 0.3 is 5.97 Å². The van der Waals surface area contributed by atoms with Crippen molar-refractivity contribution < 1.29 is 14.6 Å². The smallest absolute Gasteiger partial charge is 0.355 e. The summed E-state index contributed by atoms with van der Waals surface area (Å²) >= 11 is 1.24. The minimum absolute atomic E-state index is 0.00879. The minimum atomic E-state index is -1.05. The topological polar surface area (TPSA) is 77.2 Å². The summed E-state index contributed by atoms with van der Waals surface area (Å²) < 4.78 is 7.50. The van der Waals surface area contributed by atoms with Crippen LogP contribution in [0.1, 0.15) is 24.3 Å². The first-order chi connectivity index (χ1) is 13.0. The van der Waals surface area contributed by atoms with Crippen molar-refractivity contribution in [2.45, 2.75) is 20.0 Å². The van der Waals surface area contributed by atoms with Crippen molar-refractivity contribution in [2.75, 3.05) is 0 Å². The van der Waals surface area contributed by atoms with Gasteiger partial charge < -0.3 is 9.84 Å². The zero-order chi connectivity index (χ0) is 19.0. The quantitative estimate of drug-likeness (QED) is 0.547. The number of fused-ring (bicyclic) bond motifs is 1. The Balaban J connectivity index is 1.93. The summed E-state index contributed by atoms with van der Waals surface area (Å²) in [5, 5.41) is 16.9. The Morgan fingerprint density at radius 2 is 1.96 bits per heavy atom. The molecule has 0 spiro atoms. The van der Waals surface area contributed by atoms with Gasteiger partial charge in [-0.05, 0) is 26.0 Å². The van der Waals surface area contributed by atoms with E-state index in [-0.39, 0.29) is 11.8 Å². The van der Waals surface area contributed by atoms with E-state index in [1.165, 1.54) is 16.7 Å². The Morgan fingerprint density at radius 3 is 2.63 bits per heavy atom. The molecule has 0 atom stereocenters. The molecule has 0 fully saturated rings. The molecule has 6 nitrogen and oxygen atoms in total. The lowest BCUT2D eigenvalue weighted by Gasteiger charge is -2.09. The summed E-state index contributed by atoms with van der Waals surface area (Å²) in [6.07, 6.45) is 0.0471. The predicted molar refractivity (Wildman–Crippen MR) is 105 cm³/mol. The monoisotopic (exact) mass is 379 g/mol. The standard InChI is InChI=1S/C20H17N3O3S/c1-12(2)26-14-8-9-15-17(10-14)23(20-21-16(11-27-20)19(24)25)22-18(15)13-6-4-3-5-7-13/h3-12H,1-2H3,(H,24,25). The number of hydrogen-bond donors (Lipinski definition) is 1. The third-order valence-electron chi connectivity index (χ3n) is 3.96. The lowest BCUT2D eigenvalue weighted by molar-refractivity contribution is 0.0691. The number of aromatic nitrogens is 3. The summed E-state index contributed by atoms with van der Waals surface area (Å²) in [7, 11) is 0. The third kappa shape index (κ3) is 3.29. The van der Waals surface area contributed by atoms with Gasteiger partial charge in [0.05, 0.1) is 11.6 Å². The highest BCUT2D eigenvalue weighted by Crippen LogP contribution is 2.33. The van der Waals surface area contributed by atoms with Gasteiger partial charge in [0.25, 0.3) is 0 Å². The molecule has 136 valence electrons. The lowest BCUT2D eigenvalue weighted by Crippen LogP contribution is -2.05. The number of hydrogen-bond acceptors (Lipinski definition) is 5. The molecule has 0 amide bonds. The third-order valence-corrected chi connectivity index (χ3v) is 4.78. The predicted octanol–water partition coefficient (Wildman–Crippen LogP) is 4.63. The van der Waals surface area contributed by atoms with E-state index in [0.717, 1.165) is 27.9 Å². The Kier molecular flexibility index (Phi) is 4.37. The molecule has 2 aromatic carbocycles. The molecular weight excluding hydrogens is 362 g/mol. The Morgan fingerprint density at radius 1 is 1.19 bits per heavy atom. The molecule has 4 rings (SSSR count). The number of benzene rings is 2. The van der Waals surface area contributed by atoms with E-state index in [0.29, 0.717) is 5.13 Å². The minimum Gasteiger partial charge on any atom is -0.491 e. The van der Waals surface area contributed by atoms with Crippen LogP contribution in [0.4, 0.5) is 0 Å². The van der Waals surface area contributed by atoms with Crippen molar-refractivity contribution in [3.05, 3.63) is 59.6 Å². The number of carboxylic acids is 1. The van der Waals surface area contributed by atoms with E-state index in [9.17, 15) is 9.90 Å². The Labute approximate surface area is 159 Å². The summed E-state index contributed by atoms with van der Waals surface area (Å²) in [5.41, 5.74) is 2.62. The Bertz CT molecular complexity index is 1120. The number of thiazole rings is 1. The van der Waals surface area contributed by atoms with Gasteiger partial charge in [-0.1, -0.05) is 30.3 Å². The normalized spacial score (nSPS) is 11.2. The van der Waals surface area contributed by atoms with E-state index < -0.39 is 5.97 Å². The zero-order valence-corrected chi connectivity index (χ0v) is 15.6. The summed E-state index contributed by atoms with van der Waals surface area (Å²) in [6, 6.07) is 15.7. The van der Waals surface area contributed by atoms with Crippen LogP contribution in [0.25, 0.3) is 27.3 Å². The fourth-order valence-electron chi connectivity index (χ4n) is 2.85. The average molecular weight is 379 g/mol. The second-order valence-electron chi connectivity index (χ2n) is 6.29. The van der Waals surface area contributed by atoms with Gasteiger partial charge in [-0.25, -0.2) is 14.5 Å². The molecule has 0 bridgehead atoms. The van der Waals surface area contributed by atoms with Crippen molar-refractivity contribution in [3.8, 4) is 22.1 Å². The molecule has 2 heterocycles. The molecule has 0 saturated carbocycles. The van der Waals surface area contributed by atoms with Crippen LogP contribution in [-0.2, 0) is 0 Å². The van der Waals surface area contributed by atoms with Gasteiger partial charge in [0.2, 0.25) is 5.13 Å². The first-order valence-electron chi connectivity index (χ1n) is 8.47. The van der Waals surface area contributed by atoms with E-state index in [1.54, 1.807) is 4.68 Å². The first-order valence-corrected chi connectivity index (χ1v) is 9.35. The van der Waals surface area contributed by atoms with Crippen LogP contribution in [0.3, 0.4) is 0 Å². The lowest BCUT2D eigenvalue weighted by atomic mass is 10.1. The fourth-order valence-corrected chi connectivity index (χ4v) is 3.62. The molecule has 0 aliphatic heterocycles. The van der Waals surface area contributed by atoms with Gasteiger partial charge in [0.15, 0.2) is 5.69 Å². The molecule has 4 aromatic rings. The molecule has 2 aromatic heterocycles. The molecule has 0 aliphatic carbocycles. The molecule has 0 unspecified atom stereocenters. The van der Waals surface area contributed by atoms with Gasteiger partial charge in [0.1, 0.15) is 11.4 Å². The van der Waals surface area contributed by atoms with Gasteiger partial charge in [0, 0.05) is 22.4 Å². The maximum atomic E-state index is 11.2. The summed E-state index contributed by atoms with van der Waals surface area (Å²) in [5.74, 6) is -0.325. The molecule has 27 heavy (non-hydrogen) atoms. The fraction of sp³-hybridized carbons (Fsp3) is 0.150. The highest BCUT2D eigenvalue weighted by atomic mass is 32.1. The number of carboxylic acid groups (broad SMARTS) is 1. The number of rotatable bonds is 5. The van der Waals surface area contributed by atoms with E-state index >= 15 is 0 Å². The highest BCUT2D eigenvalue weighted by molar-refractivity contribution is 7.12. The number of aromatic carboxylic acids is 1. The second-order valence-corrected chi connectivity index (χ2v) is 7.13. The van der Waals surface area contributed by atoms with Crippen LogP contribution in [-0.4, -0.2) is 31.9 Å². The van der Waals surface area contributed by atoms with Crippen LogP contribution in [0.5, 0.6) is 5.75 Å². The maximum absolute atomic E-state index is 11.2. The van der Waals surface area contributed by atoms with Crippen LogP contribution >= 0.6 is 11.3 Å². The molecule has 0 saturated heterocycles. The first kappa shape index (κ1) is 17.2. The van der Waals surface area contributed by atoms with Gasteiger partial charge in [-0.2, -0.15) is 5.10 Å². The number of ether oxygens (including phenoxy) is 1. The maximum Gasteiger partial charge on any atom is 0.355 e. The highest BCUT2D eigenvalue weighted by Gasteiger charge is 2.18. The van der Waals surface area contributed by atoms with Crippen molar-refractivity contribution in [1.82, 2.24) is 14.8 Å². The SMILES string of the molecule is CC(C)Oc1ccc2c(-c3ccccc3)nn(-c3nc(C(=O)O)cs3)c2c1. The molecule has 1 N–H and O–H groups in total. The summed E-state index contributed by atoms with van der Waals surface area (Å²) in [4.78, 5) is 15.4. The van der Waals surface area contributed by atoms with Crippen molar-refractivity contribution in [2.24, 2.45) is 0 Å². The van der Waals surface area contributed by atoms with Gasteiger partial charge in [-0.3, -0.25) is 0 Å². The molecule has 7 heteroatoms. The number of carbonyl (C=O) groups is 1. The van der Waals surface area contributed by atoms with Crippen LogP contribution in [0.2, 0.25) is 0 Å². The van der Waals surface area contributed by atoms with Crippen molar-refractivity contribution >= 4 is 28.2 Å². The van der Waals surface area contributed by atoms with Crippen molar-refractivity contribution in [3.63, 3.8) is 0 Å². The van der Waals surface area contributed by atoms with E-state index in [2.05, 4.69) is 4.98 Å². The Hall–Kier alpha value is -3.19. The van der Waals surface area contributed by atoms with Gasteiger partial charge in [-0.15, -0.1) is 11.3 Å². The molecule has 0 aliphatic rings. The average Bonchev–Trinajstić information content (AvgIpc) is 3.26. The second kappa shape index (κ2) is 6.85. The largest absolute Gasteiger partial charge is 0.491 e.